The van der Waals surface area contributed by atoms with Crippen molar-refractivity contribution < 1.29 is 14.5 Å². The number of halogens is 1. The van der Waals surface area contributed by atoms with Gasteiger partial charge in [0.05, 0.1) is 10.6 Å². The summed E-state index contributed by atoms with van der Waals surface area (Å²) in [6.07, 6.45) is -0.277. The predicted octanol–water partition coefficient (Wildman–Crippen LogP) is 4.66. The summed E-state index contributed by atoms with van der Waals surface area (Å²) in [6, 6.07) is 9.50. The SMILES string of the molecule is CCC(Oc1ccc(Cl)c(C)c1)C(=O)Nc1cc([N+](=O)[O-])ccc1C. The van der Waals surface area contributed by atoms with Crippen molar-refractivity contribution in [3.8, 4) is 5.75 Å². The molecule has 1 unspecified atom stereocenters. The number of carbonyl (C=O) groups excluding carboxylic acids is 1. The van der Waals surface area contributed by atoms with Crippen LogP contribution in [0.1, 0.15) is 24.5 Å². The highest BCUT2D eigenvalue weighted by atomic mass is 35.5. The van der Waals surface area contributed by atoms with Crippen molar-refractivity contribution in [1.29, 1.82) is 0 Å². The monoisotopic (exact) mass is 362 g/mol. The number of amides is 1. The molecule has 1 amide bonds. The van der Waals surface area contributed by atoms with Crippen LogP contribution in [0.5, 0.6) is 5.75 Å². The molecule has 25 heavy (non-hydrogen) atoms. The van der Waals surface area contributed by atoms with Gasteiger partial charge in [-0.1, -0.05) is 24.6 Å². The number of nitrogens with zero attached hydrogens (tertiary/aromatic N) is 1. The molecule has 0 aliphatic heterocycles. The van der Waals surface area contributed by atoms with Gasteiger partial charge >= 0.3 is 0 Å². The van der Waals surface area contributed by atoms with E-state index in [9.17, 15) is 14.9 Å². The average Bonchev–Trinajstić information content (AvgIpc) is 2.57. The fraction of sp³-hybridized carbons (Fsp3) is 0.278. The first-order valence-electron chi connectivity index (χ1n) is 7.80. The molecule has 2 aromatic rings. The van der Waals surface area contributed by atoms with E-state index in [4.69, 9.17) is 16.3 Å². The van der Waals surface area contributed by atoms with Crippen molar-refractivity contribution in [3.63, 3.8) is 0 Å². The number of nitro groups is 1. The zero-order valence-corrected chi connectivity index (χ0v) is 15.0. The summed E-state index contributed by atoms with van der Waals surface area (Å²) < 4.78 is 5.75. The van der Waals surface area contributed by atoms with Gasteiger partial charge in [-0.25, -0.2) is 0 Å². The maximum atomic E-state index is 12.5. The highest BCUT2D eigenvalue weighted by Gasteiger charge is 2.20. The molecule has 1 N–H and O–H groups in total. The lowest BCUT2D eigenvalue weighted by Gasteiger charge is -2.18. The van der Waals surface area contributed by atoms with Crippen LogP contribution in [0.2, 0.25) is 5.02 Å². The molecule has 2 aromatic carbocycles. The third kappa shape index (κ3) is 4.70. The van der Waals surface area contributed by atoms with Gasteiger partial charge in [0.1, 0.15) is 5.75 Å². The molecule has 0 aliphatic carbocycles. The number of nitro benzene ring substituents is 1. The lowest BCUT2D eigenvalue weighted by Crippen LogP contribution is -2.32. The van der Waals surface area contributed by atoms with Crippen molar-refractivity contribution in [1.82, 2.24) is 0 Å². The Morgan fingerprint density at radius 1 is 1.24 bits per heavy atom. The molecule has 6 nitrogen and oxygen atoms in total. The summed E-state index contributed by atoms with van der Waals surface area (Å²) in [5.41, 5.74) is 1.90. The number of rotatable bonds is 6. The van der Waals surface area contributed by atoms with E-state index in [2.05, 4.69) is 5.32 Å². The number of carbonyl (C=O) groups is 1. The Balaban J connectivity index is 2.16. The second-order valence-corrected chi connectivity index (χ2v) is 6.08. The van der Waals surface area contributed by atoms with Crippen LogP contribution in [0.15, 0.2) is 36.4 Å². The van der Waals surface area contributed by atoms with E-state index in [0.717, 1.165) is 11.1 Å². The number of anilines is 1. The number of benzene rings is 2. The van der Waals surface area contributed by atoms with Crippen molar-refractivity contribution in [2.24, 2.45) is 0 Å². The Morgan fingerprint density at radius 3 is 2.56 bits per heavy atom. The molecule has 0 aliphatic rings. The number of ether oxygens (including phenoxy) is 1. The Kier molecular flexibility index (Phi) is 5.98. The minimum absolute atomic E-state index is 0.0804. The van der Waals surface area contributed by atoms with E-state index < -0.39 is 11.0 Å². The van der Waals surface area contributed by atoms with Gasteiger partial charge in [-0.3, -0.25) is 14.9 Å². The standard InChI is InChI=1S/C18H19ClN2O4/c1-4-17(25-14-7-8-15(19)12(3)9-14)18(22)20-16-10-13(21(23)24)6-5-11(16)2/h5-10,17H,4H2,1-3H3,(H,20,22). The molecule has 0 aromatic heterocycles. The van der Waals surface area contributed by atoms with Crippen LogP contribution < -0.4 is 10.1 Å². The summed E-state index contributed by atoms with van der Waals surface area (Å²) in [6.45, 7) is 5.44. The molecule has 0 saturated heterocycles. The molecule has 0 heterocycles. The van der Waals surface area contributed by atoms with E-state index in [-0.39, 0.29) is 11.6 Å². The Hall–Kier alpha value is -2.60. The average molecular weight is 363 g/mol. The number of nitrogens with one attached hydrogen (secondary N) is 1. The fourth-order valence-corrected chi connectivity index (χ4v) is 2.37. The molecule has 2 rings (SSSR count). The van der Waals surface area contributed by atoms with Gasteiger partial charge in [0.25, 0.3) is 11.6 Å². The first kappa shape index (κ1) is 18.7. The smallest absolute Gasteiger partial charge is 0.271 e. The van der Waals surface area contributed by atoms with Gasteiger partial charge in [0, 0.05) is 17.2 Å². The molecule has 0 radical (unpaired) electrons. The second-order valence-electron chi connectivity index (χ2n) is 5.67. The molecular formula is C18H19ClN2O4. The first-order chi connectivity index (χ1) is 11.8. The van der Waals surface area contributed by atoms with Crippen LogP contribution in [0.25, 0.3) is 0 Å². The topological polar surface area (TPSA) is 81.5 Å². The van der Waals surface area contributed by atoms with E-state index in [1.165, 1.54) is 12.1 Å². The van der Waals surface area contributed by atoms with Gasteiger partial charge < -0.3 is 10.1 Å². The quantitative estimate of drug-likeness (QED) is 0.598. The number of non-ortho nitro benzene ring substituents is 1. The second kappa shape index (κ2) is 7.98. The maximum absolute atomic E-state index is 12.5. The van der Waals surface area contributed by atoms with Crippen LogP contribution in [-0.2, 0) is 4.79 Å². The van der Waals surface area contributed by atoms with E-state index in [1.54, 1.807) is 31.2 Å². The van der Waals surface area contributed by atoms with E-state index in [0.29, 0.717) is 22.9 Å². The van der Waals surface area contributed by atoms with E-state index >= 15 is 0 Å². The van der Waals surface area contributed by atoms with Crippen LogP contribution in [0.4, 0.5) is 11.4 Å². The van der Waals surface area contributed by atoms with Crippen molar-refractivity contribution >= 4 is 28.9 Å². The molecule has 0 spiro atoms. The van der Waals surface area contributed by atoms with Crippen LogP contribution >= 0.6 is 11.6 Å². The summed E-state index contributed by atoms with van der Waals surface area (Å²) in [5.74, 6) is 0.179. The summed E-state index contributed by atoms with van der Waals surface area (Å²) in [7, 11) is 0. The Labute approximate surface area is 150 Å². The molecule has 0 saturated carbocycles. The van der Waals surface area contributed by atoms with Crippen LogP contribution in [-0.4, -0.2) is 16.9 Å². The Bertz CT molecular complexity index is 808. The largest absolute Gasteiger partial charge is 0.481 e. The molecule has 132 valence electrons. The lowest BCUT2D eigenvalue weighted by atomic mass is 10.1. The molecule has 7 heteroatoms. The van der Waals surface area contributed by atoms with Gasteiger partial charge in [-0.05, 0) is 49.6 Å². The van der Waals surface area contributed by atoms with Crippen LogP contribution in [0.3, 0.4) is 0 Å². The van der Waals surface area contributed by atoms with Crippen LogP contribution in [0, 0.1) is 24.0 Å². The molecular weight excluding hydrogens is 344 g/mol. The molecule has 0 bridgehead atoms. The normalized spacial score (nSPS) is 11.7. The number of aryl methyl sites for hydroxylation is 2. The maximum Gasteiger partial charge on any atom is 0.271 e. The predicted molar refractivity (Wildman–Crippen MR) is 97.4 cm³/mol. The summed E-state index contributed by atoms with van der Waals surface area (Å²) >= 11 is 5.99. The Morgan fingerprint density at radius 2 is 1.96 bits per heavy atom. The van der Waals surface area contributed by atoms with Gasteiger partial charge in [-0.2, -0.15) is 0 Å². The minimum atomic E-state index is -0.723. The lowest BCUT2D eigenvalue weighted by molar-refractivity contribution is -0.384. The van der Waals surface area contributed by atoms with Gasteiger partial charge in [0.2, 0.25) is 0 Å². The zero-order valence-electron chi connectivity index (χ0n) is 14.2. The van der Waals surface area contributed by atoms with Gasteiger partial charge in [0.15, 0.2) is 6.10 Å². The first-order valence-corrected chi connectivity index (χ1v) is 8.18. The van der Waals surface area contributed by atoms with Crippen molar-refractivity contribution in [3.05, 3.63) is 62.7 Å². The molecule has 1 atom stereocenters. The number of hydrogen-bond donors (Lipinski definition) is 1. The third-order valence-electron chi connectivity index (χ3n) is 3.76. The van der Waals surface area contributed by atoms with Gasteiger partial charge in [-0.15, -0.1) is 0 Å². The zero-order chi connectivity index (χ0) is 18.6. The highest BCUT2D eigenvalue weighted by Crippen LogP contribution is 2.24. The molecule has 0 fully saturated rings. The number of hydrogen-bond acceptors (Lipinski definition) is 4. The van der Waals surface area contributed by atoms with Crippen molar-refractivity contribution in [2.45, 2.75) is 33.3 Å². The highest BCUT2D eigenvalue weighted by molar-refractivity contribution is 6.31. The summed E-state index contributed by atoms with van der Waals surface area (Å²) in [5, 5.41) is 14.2. The van der Waals surface area contributed by atoms with Crippen molar-refractivity contribution in [2.75, 3.05) is 5.32 Å². The van der Waals surface area contributed by atoms with E-state index in [1.807, 2.05) is 13.8 Å². The minimum Gasteiger partial charge on any atom is -0.481 e. The fourth-order valence-electron chi connectivity index (χ4n) is 2.25. The summed E-state index contributed by atoms with van der Waals surface area (Å²) in [4.78, 5) is 22.9. The third-order valence-corrected chi connectivity index (χ3v) is 4.18.